The van der Waals surface area contributed by atoms with Crippen molar-refractivity contribution in [1.29, 1.82) is 0 Å². The summed E-state index contributed by atoms with van der Waals surface area (Å²) in [6.45, 7) is 2.03. The molecule has 0 saturated heterocycles. The topological polar surface area (TPSA) is 105 Å². The van der Waals surface area contributed by atoms with Crippen LogP contribution in [-0.4, -0.2) is 30.7 Å². The zero-order chi connectivity index (χ0) is 18.1. The van der Waals surface area contributed by atoms with Gasteiger partial charge >= 0.3 is 0 Å². The molecular formula is C17H16N6O2S. The lowest BCUT2D eigenvalue weighted by Crippen LogP contribution is -2.26. The molecule has 0 fully saturated rings. The highest BCUT2D eigenvalue weighted by Crippen LogP contribution is 2.15. The van der Waals surface area contributed by atoms with Gasteiger partial charge in [0.1, 0.15) is 5.01 Å². The fourth-order valence-corrected chi connectivity index (χ4v) is 3.56. The number of pyridine rings is 1. The van der Waals surface area contributed by atoms with Crippen LogP contribution in [0.3, 0.4) is 0 Å². The van der Waals surface area contributed by atoms with Crippen LogP contribution in [0.15, 0.2) is 35.1 Å². The molecule has 26 heavy (non-hydrogen) atoms. The summed E-state index contributed by atoms with van der Waals surface area (Å²) < 4.78 is 1.67. The molecule has 9 heteroatoms. The Bertz CT molecular complexity index is 1160. The van der Waals surface area contributed by atoms with Crippen LogP contribution in [0.4, 0.5) is 0 Å². The van der Waals surface area contributed by atoms with Gasteiger partial charge in [0.05, 0.1) is 0 Å². The zero-order valence-corrected chi connectivity index (χ0v) is 14.8. The van der Waals surface area contributed by atoms with Crippen LogP contribution in [0.2, 0.25) is 0 Å². The van der Waals surface area contributed by atoms with E-state index in [0.717, 1.165) is 26.7 Å². The van der Waals surface area contributed by atoms with Gasteiger partial charge in [-0.2, -0.15) is 9.61 Å². The average Bonchev–Trinajstić information content (AvgIpc) is 3.20. The molecule has 4 aromatic rings. The number of carbonyl (C=O) groups excluding carboxylic acids is 1. The first-order chi connectivity index (χ1) is 12.6. The van der Waals surface area contributed by atoms with E-state index in [4.69, 9.17) is 0 Å². The summed E-state index contributed by atoms with van der Waals surface area (Å²) in [4.78, 5) is 27.7. The Morgan fingerprint density at radius 2 is 2.15 bits per heavy atom. The van der Waals surface area contributed by atoms with E-state index in [1.807, 2.05) is 31.2 Å². The molecule has 132 valence electrons. The molecule has 2 N–H and O–H groups in total. The van der Waals surface area contributed by atoms with Gasteiger partial charge < -0.3 is 10.3 Å². The predicted octanol–water partition coefficient (Wildman–Crippen LogP) is 1.58. The maximum absolute atomic E-state index is 12.1. The van der Waals surface area contributed by atoms with E-state index in [-0.39, 0.29) is 18.0 Å². The molecule has 0 radical (unpaired) electrons. The first-order valence-electron chi connectivity index (χ1n) is 8.15. The molecule has 1 aromatic carbocycles. The quantitative estimate of drug-likeness (QED) is 0.556. The fraction of sp³-hybridized carbons (Fsp3) is 0.235. The number of para-hydroxylation sites is 1. The van der Waals surface area contributed by atoms with Crippen LogP contribution < -0.4 is 10.9 Å². The Labute approximate surface area is 151 Å². The lowest BCUT2D eigenvalue weighted by atomic mass is 10.1. The van der Waals surface area contributed by atoms with E-state index in [9.17, 15) is 9.59 Å². The Hall–Kier alpha value is -3.07. The fourth-order valence-electron chi connectivity index (χ4n) is 2.68. The molecule has 0 saturated carbocycles. The van der Waals surface area contributed by atoms with Crippen molar-refractivity contribution in [3.05, 3.63) is 57.1 Å². The Balaban J connectivity index is 1.37. The van der Waals surface area contributed by atoms with Crippen molar-refractivity contribution in [2.24, 2.45) is 0 Å². The molecule has 0 spiro atoms. The number of aromatic nitrogens is 5. The van der Waals surface area contributed by atoms with E-state index in [2.05, 4.69) is 25.6 Å². The normalized spacial score (nSPS) is 11.3. The van der Waals surface area contributed by atoms with Gasteiger partial charge in [-0.15, -0.1) is 10.2 Å². The van der Waals surface area contributed by atoms with Crippen LogP contribution in [0.5, 0.6) is 0 Å². The second kappa shape index (κ2) is 6.68. The molecule has 0 unspecified atom stereocenters. The summed E-state index contributed by atoms with van der Waals surface area (Å²) in [5, 5.41) is 16.9. The molecule has 0 bridgehead atoms. The molecule has 3 heterocycles. The number of hydrogen-bond donors (Lipinski definition) is 2. The Morgan fingerprint density at radius 3 is 3.00 bits per heavy atom. The number of carbonyl (C=O) groups is 1. The van der Waals surface area contributed by atoms with Crippen molar-refractivity contribution in [1.82, 2.24) is 30.1 Å². The summed E-state index contributed by atoms with van der Waals surface area (Å²) in [5.41, 5.74) is 1.13. The number of amides is 1. The van der Waals surface area contributed by atoms with E-state index < -0.39 is 0 Å². The predicted molar refractivity (Wildman–Crippen MR) is 98.1 cm³/mol. The molecule has 8 nitrogen and oxygen atoms in total. The van der Waals surface area contributed by atoms with Crippen molar-refractivity contribution in [3.8, 4) is 0 Å². The summed E-state index contributed by atoms with van der Waals surface area (Å²) in [6, 6.07) is 9.35. The lowest BCUT2D eigenvalue weighted by molar-refractivity contribution is -0.121. The molecule has 0 atom stereocenters. The Morgan fingerprint density at radius 1 is 1.31 bits per heavy atom. The maximum atomic E-state index is 12.1. The third-order valence-corrected chi connectivity index (χ3v) is 5.02. The molecule has 3 aromatic heterocycles. The monoisotopic (exact) mass is 368 g/mol. The molecule has 0 aliphatic carbocycles. The number of aryl methyl sites for hydroxylation is 2. The molecule has 0 aliphatic rings. The SMILES string of the molecule is Cc1nnc2sc(CCC(=O)NCc3cc4ccccc4[nH]c3=O)nn12. The summed E-state index contributed by atoms with van der Waals surface area (Å²) in [7, 11) is 0. The highest BCUT2D eigenvalue weighted by molar-refractivity contribution is 7.16. The zero-order valence-electron chi connectivity index (χ0n) is 14.0. The van der Waals surface area contributed by atoms with Crippen molar-refractivity contribution in [2.45, 2.75) is 26.3 Å². The summed E-state index contributed by atoms with van der Waals surface area (Å²) >= 11 is 1.42. The third-order valence-electron chi connectivity index (χ3n) is 4.06. The highest BCUT2D eigenvalue weighted by atomic mass is 32.1. The maximum Gasteiger partial charge on any atom is 0.253 e. The van der Waals surface area contributed by atoms with E-state index in [1.165, 1.54) is 11.3 Å². The molecular weight excluding hydrogens is 352 g/mol. The number of H-pyrrole nitrogens is 1. The van der Waals surface area contributed by atoms with Crippen LogP contribution in [0.1, 0.15) is 22.8 Å². The van der Waals surface area contributed by atoms with Crippen LogP contribution >= 0.6 is 11.3 Å². The van der Waals surface area contributed by atoms with Gasteiger partial charge in [-0.25, -0.2) is 0 Å². The van der Waals surface area contributed by atoms with Crippen LogP contribution in [-0.2, 0) is 17.8 Å². The first-order valence-corrected chi connectivity index (χ1v) is 8.97. The standard InChI is InChI=1S/C17H16N6O2S/c1-10-20-21-17-23(10)22-15(26-17)7-6-14(24)18-9-12-8-11-4-2-3-5-13(11)19-16(12)25/h2-5,8H,6-7,9H2,1H3,(H,18,24)(H,19,25). The first kappa shape index (κ1) is 16.4. The van der Waals surface area contributed by atoms with E-state index >= 15 is 0 Å². The molecule has 4 rings (SSSR count). The minimum Gasteiger partial charge on any atom is -0.352 e. The van der Waals surface area contributed by atoms with Gasteiger partial charge in [-0.3, -0.25) is 9.59 Å². The van der Waals surface area contributed by atoms with E-state index in [1.54, 1.807) is 10.6 Å². The highest BCUT2D eigenvalue weighted by Gasteiger charge is 2.11. The van der Waals surface area contributed by atoms with Gasteiger partial charge in [0.15, 0.2) is 5.82 Å². The molecule has 1 amide bonds. The number of aromatic amines is 1. The Kier molecular flexibility index (Phi) is 4.21. The van der Waals surface area contributed by atoms with Crippen molar-refractivity contribution >= 4 is 33.1 Å². The van der Waals surface area contributed by atoms with Crippen molar-refractivity contribution < 1.29 is 4.79 Å². The number of hydrogen-bond acceptors (Lipinski definition) is 6. The van der Waals surface area contributed by atoms with Crippen molar-refractivity contribution in [3.63, 3.8) is 0 Å². The van der Waals surface area contributed by atoms with Crippen molar-refractivity contribution in [2.75, 3.05) is 0 Å². The number of nitrogens with one attached hydrogen (secondary N) is 2. The second-order valence-electron chi connectivity index (χ2n) is 5.93. The van der Waals surface area contributed by atoms with Crippen LogP contribution in [0.25, 0.3) is 15.9 Å². The van der Waals surface area contributed by atoms with Gasteiger partial charge in [0, 0.05) is 30.5 Å². The number of benzene rings is 1. The van der Waals surface area contributed by atoms with Crippen LogP contribution in [0, 0.1) is 6.92 Å². The largest absolute Gasteiger partial charge is 0.352 e. The third kappa shape index (κ3) is 3.21. The minimum absolute atomic E-state index is 0.125. The minimum atomic E-state index is -0.187. The van der Waals surface area contributed by atoms with Gasteiger partial charge in [0.25, 0.3) is 5.56 Å². The van der Waals surface area contributed by atoms with Gasteiger partial charge in [-0.1, -0.05) is 29.5 Å². The van der Waals surface area contributed by atoms with E-state index in [0.29, 0.717) is 18.4 Å². The lowest BCUT2D eigenvalue weighted by Gasteiger charge is -2.05. The smallest absolute Gasteiger partial charge is 0.253 e. The second-order valence-corrected chi connectivity index (χ2v) is 6.97. The molecule has 0 aliphatic heterocycles. The summed E-state index contributed by atoms with van der Waals surface area (Å²) in [5.74, 6) is 0.600. The summed E-state index contributed by atoms with van der Waals surface area (Å²) in [6.07, 6.45) is 0.821. The van der Waals surface area contributed by atoms with Gasteiger partial charge in [0.2, 0.25) is 10.9 Å². The number of nitrogens with zero attached hydrogens (tertiary/aromatic N) is 4. The average molecular weight is 368 g/mol. The number of fused-ring (bicyclic) bond motifs is 2. The van der Waals surface area contributed by atoms with Gasteiger partial charge in [-0.05, 0) is 24.4 Å². The number of rotatable bonds is 5.